The number of pyridine rings is 4. The van der Waals surface area contributed by atoms with Crippen LogP contribution in [0.25, 0.3) is 55.0 Å². The molecule has 0 saturated heterocycles. The van der Waals surface area contributed by atoms with Crippen molar-refractivity contribution in [2.45, 2.75) is 210 Å². The second-order valence-electron chi connectivity index (χ2n) is 26.4. The summed E-state index contributed by atoms with van der Waals surface area (Å²) in [5.41, 5.74) is 14.9. The topological polar surface area (TPSA) is 51.6 Å². The monoisotopic (exact) mass is 1620 g/mol. The number of aromatic nitrogens is 4. The van der Waals surface area contributed by atoms with E-state index in [4.69, 9.17) is 0 Å². The van der Waals surface area contributed by atoms with Crippen LogP contribution in [0.5, 0.6) is 0 Å². The van der Waals surface area contributed by atoms with Crippen molar-refractivity contribution >= 4 is 32.7 Å². The molecule has 0 spiro atoms. The molecule has 12 aromatic carbocycles. The van der Waals surface area contributed by atoms with Crippen molar-refractivity contribution in [1.29, 1.82) is 0 Å². The molecule has 4 aromatic heterocycles. The Labute approximate surface area is 739 Å². The summed E-state index contributed by atoms with van der Waals surface area (Å²) in [4.78, 5) is 16.3. The Balaban J connectivity index is -0.000000614. The van der Waals surface area contributed by atoms with E-state index in [0.29, 0.717) is 0 Å². The molecular weight excluding hydrogens is 1460 g/mol. The van der Waals surface area contributed by atoms with Crippen LogP contribution in [0.4, 0.5) is 0 Å². The van der Waals surface area contributed by atoms with Gasteiger partial charge in [-0.2, -0.15) is 0 Å². The number of benzene rings is 12. The zero-order valence-corrected chi connectivity index (χ0v) is 76.9. The van der Waals surface area contributed by atoms with Gasteiger partial charge < -0.3 is 0 Å². The third kappa shape index (κ3) is 51.2. The number of fused-ring (bicyclic) bond motifs is 9. The molecule has 0 unspecified atom stereocenters. The number of hydrogen-bond acceptors (Lipinski definition) is 4. The van der Waals surface area contributed by atoms with Crippen molar-refractivity contribution < 1.29 is 0 Å². The fourth-order valence-electron chi connectivity index (χ4n) is 10.6. The molecule has 0 N–H and O–H groups in total. The van der Waals surface area contributed by atoms with Crippen LogP contribution in [-0.2, 0) is 10.8 Å². The van der Waals surface area contributed by atoms with Gasteiger partial charge in [0.05, 0.1) is 16.6 Å². The molecule has 2 aliphatic carbocycles. The van der Waals surface area contributed by atoms with Crippen molar-refractivity contribution in [3.8, 4) is 22.3 Å². The largest absolute Gasteiger partial charge is 0.265 e. The van der Waals surface area contributed by atoms with E-state index < -0.39 is 0 Å². The Hall–Kier alpha value is -12.0. The van der Waals surface area contributed by atoms with Gasteiger partial charge in [0.15, 0.2) is 0 Å². The summed E-state index contributed by atoms with van der Waals surface area (Å²) in [5, 5.41) is 3.60. The first-order valence-electron chi connectivity index (χ1n) is 43.5. The minimum Gasteiger partial charge on any atom is -0.265 e. The molecule has 0 bridgehead atoms. The lowest BCUT2D eigenvalue weighted by Crippen LogP contribution is -2.14. The summed E-state index contributed by atoms with van der Waals surface area (Å²) >= 11 is 0. The summed E-state index contributed by atoms with van der Waals surface area (Å²) in [7, 11) is 0. The Morgan fingerprint density at radius 2 is 0.314 bits per heavy atom. The lowest BCUT2D eigenvalue weighted by molar-refractivity contribution is 0.660. The maximum atomic E-state index is 4.18. The van der Waals surface area contributed by atoms with Crippen molar-refractivity contribution in [3.05, 3.63) is 460 Å². The van der Waals surface area contributed by atoms with E-state index in [-0.39, 0.29) is 25.7 Å². The second-order valence-corrected chi connectivity index (χ2v) is 26.4. The van der Waals surface area contributed by atoms with Gasteiger partial charge in [0.25, 0.3) is 0 Å². The standard InChI is InChI=1S/2C15H14.3C9H7N.5C6H6.C5H5N.5C3H8.4C2H6.2CH4/c2*1-15(2)13-9-5-3-7-11(13)12-8-4-6-10-14(12)15;3*1-2-6-9-8(4-1)5-3-7-10-9;6*1-2-4-6-5-3-1;5*1-3-2;4*1-2;;/h2*3-10H,1-2H3;3*1-7H;5*1-6H;1-5H;5*3H2,1-2H3;4*1-2H3;2*1H4. The van der Waals surface area contributed by atoms with Crippen LogP contribution < -0.4 is 0 Å². The van der Waals surface area contributed by atoms with Crippen LogP contribution in [-0.4, -0.2) is 19.9 Å². The van der Waals surface area contributed by atoms with Gasteiger partial charge in [-0.3, -0.25) is 19.9 Å². The molecule has 0 atom stereocenters. The van der Waals surface area contributed by atoms with Gasteiger partial charge in [-0.05, 0) is 93.0 Å². The van der Waals surface area contributed by atoms with Crippen LogP contribution in [0.2, 0.25) is 0 Å². The van der Waals surface area contributed by atoms with E-state index in [0.717, 1.165) is 16.6 Å². The van der Waals surface area contributed by atoms with E-state index in [9.17, 15) is 0 Å². The smallest absolute Gasteiger partial charge is 0.0701 e. The molecule has 644 valence electrons. The highest BCUT2D eigenvalue weighted by molar-refractivity contribution is 5.82. The molecular formula is C117H156N4. The Bertz CT molecular complexity index is 3770. The SMILES string of the molecule is C.C.CC.CC.CC.CC.CC1(C)c2ccccc2-c2ccccc21.CC1(C)c2ccccc2-c2ccccc21.CCC.CCC.CCC.CCC.CCC.c1ccc2ncccc2c1.c1ccc2ncccc2c1.c1ccc2ncccc2c1.c1ccccc1.c1ccccc1.c1ccccc1.c1ccccc1.c1ccccc1.c1ccncc1. The van der Waals surface area contributed by atoms with Crippen LogP contribution in [0.1, 0.15) is 222 Å². The third-order valence-electron chi connectivity index (χ3n) is 15.4. The summed E-state index contributed by atoms with van der Waals surface area (Å²) in [6.07, 6.45) is 15.2. The molecule has 0 amide bonds. The maximum Gasteiger partial charge on any atom is 0.0701 e. The predicted octanol–water partition coefficient (Wildman–Crippen LogP) is 36.7. The first-order valence-corrected chi connectivity index (χ1v) is 43.5. The molecule has 0 radical (unpaired) electrons. The van der Waals surface area contributed by atoms with E-state index in [1.807, 2.05) is 347 Å². The molecule has 4 heterocycles. The van der Waals surface area contributed by atoms with Crippen LogP contribution in [0.15, 0.2) is 437 Å². The lowest BCUT2D eigenvalue weighted by Gasteiger charge is -2.20. The van der Waals surface area contributed by atoms with Crippen molar-refractivity contribution in [1.82, 2.24) is 19.9 Å². The van der Waals surface area contributed by atoms with Crippen molar-refractivity contribution in [2.24, 2.45) is 0 Å². The molecule has 121 heavy (non-hydrogen) atoms. The average molecular weight is 1620 g/mol. The predicted molar refractivity (Wildman–Crippen MR) is 548 cm³/mol. The molecule has 2 aliphatic rings. The van der Waals surface area contributed by atoms with Crippen molar-refractivity contribution in [2.75, 3.05) is 0 Å². The van der Waals surface area contributed by atoms with E-state index >= 15 is 0 Å². The van der Waals surface area contributed by atoms with E-state index in [2.05, 4.69) is 250 Å². The van der Waals surface area contributed by atoms with E-state index in [1.165, 1.54) is 92.8 Å². The summed E-state index contributed by atoms with van der Waals surface area (Å²) in [6, 6.07) is 137. The fraction of sp³-hybridized carbons (Fsp3) is 0.265. The number of nitrogens with zero attached hydrogens (tertiary/aromatic N) is 4. The van der Waals surface area contributed by atoms with Crippen LogP contribution in [0.3, 0.4) is 0 Å². The summed E-state index contributed by atoms with van der Waals surface area (Å²) in [6.45, 7) is 46.5. The minimum atomic E-state index is 0. The first kappa shape index (κ1) is 115. The molecule has 4 heteroatoms. The third-order valence-corrected chi connectivity index (χ3v) is 15.4. The second kappa shape index (κ2) is 81.7. The normalized spacial score (nSPS) is 9.74. The highest BCUT2D eigenvalue weighted by Crippen LogP contribution is 2.49. The molecule has 0 saturated carbocycles. The quantitative estimate of drug-likeness (QED) is 0.152. The zero-order valence-electron chi connectivity index (χ0n) is 76.9. The van der Waals surface area contributed by atoms with Crippen molar-refractivity contribution in [3.63, 3.8) is 0 Å². The van der Waals surface area contributed by atoms with Crippen LogP contribution >= 0.6 is 0 Å². The van der Waals surface area contributed by atoms with Crippen LogP contribution in [0, 0.1) is 0 Å². The Morgan fingerprint density at radius 1 is 0.174 bits per heavy atom. The van der Waals surface area contributed by atoms with Gasteiger partial charge in [0.2, 0.25) is 0 Å². The highest BCUT2D eigenvalue weighted by Gasteiger charge is 2.35. The Kier molecular flexibility index (Phi) is 77.9. The molecule has 16 aromatic rings. The van der Waals surface area contributed by atoms with Gasteiger partial charge in [0.1, 0.15) is 0 Å². The van der Waals surface area contributed by atoms with E-state index in [1.54, 1.807) is 12.4 Å². The Morgan fingerprint density at radius 3 is 0.463 bits per heavy atom. The minimum absolute atomic E-state index is 0. The van der Waals surface area contributed by atoms with Gasteiger partial charge in [-0.15, -0.1) is 0 Å². The zero-order chi connectivity index (χ0) is 88.4. The lowest BCUT2D eigenvalue weighted by atomic mass is 9.82. The number of para-hydroxylation sites is 3. The highest BCUT2D eigenvalue weighted by atomic mass is 14.6. The average Bonchev–Trinajstić information content (AvgIpc) is 1.60. The van der Waals surface area contributed by atoms with Gasteiger partial charge in [0, 0.05) is 58.0 Å². The van der Waals surface area contributed by atoms with Gasteiger partial charge in [-0.25, -0.2) is 0 Å². The number of hydrogen-bond donors (Lipinski definition) is 0. The summed E-state index contributed by atoms with van der Waals surface area (Å²) in [5.74, 6) is 0. The van der Waals surface area contributed by atoms with Gasteiger partial charge in [-0.1, -0.05) is 557 Å². The first-order chi connectivity index (χ1) is 58.4. The fourth-order valence-corrected chi connectivity index (χ4v) is 10.6. The number of rotatable bonds is 0. The maximum absolute atomic E-state index is 4.18. The molecule has 4 nitrogen and oxygen atoms in total. The summed E-state index contributed by atoms with van der Waals surface area (Å²) < 4.78 is 0. The van der Waals surface area contributed by atoms with Gasteiger partial charge >= 0.3 is 0 Å². The molecule has 0 aliphatic heterocycles. The molecule has 0 fully saturated rings. The molecule has 18 rings (SSSR count).